The molecule has 2 aromatic heterocycles. The highest BCUT2D eigenvalue weighted by Gasteiger charge is 2.25. The zero-order valence-corrected chi connectivity index (χ0v) is 24.7. The van der Waals surface area contributed by atoms with Crippen LogP contribution >= 0.6 is 23.1 Å². The molecule has 1 aliphatic heterocycles. The molecular weight excluding hydrogens is 561 g/mol. The van der Waals surface area contributed by atoms with Gasteiger partial charge in [0.2, 0.25) is 0 Å². The molecule has 0 amide bonds. The van der Waals surface area contributed by atoms with Gasteiger partial charge in [0.05, 0.1) is 17.1 Å². The molecule has 4 heteroatoms. The van der Waals surface area contributed by atoms with Crippen LogP contribution in [0.15, 0.2) is 156 Å². The van der Waals surface area contributed by atoms with Crippen LogP contribution in [0.1, 0.15) is 0 Å². The third-order valence-electron chi connectivity index (χ3n) is 8.29. The molecule has 8 aromatic rings. The zero-order chi connectivity index (χ0) is 28.3. The molecule has 6 aromatic carbocycles. The quantitative estimate of drug-likeness (QED) is 0.205. The second kappa shape index (κ2) is 9.84. The Morgan fingerprint density at radius 1 is 0.488 bits per heavy atom. The monoisotopic (exact) mass is 584 g/mol. The second-order valence-corrected chi connectivity index (χ2v) is 13.0. The summed E-state index contributed by atoms with van der Waals surface area (Å²) < 4.78 is 2.67. The van der Waals surface area contributed by atoms with Crippen molar-refractivity contribution in [3.8, 4) is 22.4 Å². The van der Waals surface area contributed by atoms with Gasteiger partial charge in [0.25, 0.3) is 0 Å². The fraction of sp³-hybridized carbons (Fsp3) is 0. The first-order chi connectivity index (χ1) is 21.3. The number of hydrogen-bond acceptors (Lipinski definition) is 4. The van der Waals surface area contributed by atoms with Crippen molar-refractivity contribution < 1.29 is 0 Å². The van der Waals surface area contributed by atoms with Crippen LogP contribution in [0.5, 0.6) is 0 Å². The number of nitrogens with zero attached hydrogens (tertiary/aromatic N) is 2. The lowest BCUT2D eigenvalue weighted by Gasteiger charge is -2.33. The van der Waals surface area contributed by atoms with Crippen molar-refractivity contribution in [2.75, 3.05) is 4.90 Å². The van der Waals surface area contributed by atoms with Crippen LogP contribution in [0, 0.1) is 0 Å². The predicted molar refractivity (Wildman–Crippen MR) is 184 cm³/mol. The summed E-state index contributed by atoms with van der Waals surface area (Å²) in [7, 11) is 0. The fourth-order valence-electron chi connectivity index (χ4n) is 6.26. The van der Waals surface area contributed by atoms with Gasteiger partial charge in [-0.05, 0) is 71.1 Å². The first-order valence-electron chi connectivity index (χ1n) is 14.4. The Kier molecular flexibility index (Phi) is 5.65. The number of aromatic nitrogens is 1. The van der Waals surface area contributed by atoms with Gasteiger partial charge >= 0.3 is 0 Å². The van der Waals surface area contributed by atoms with E-state index in [1.54, 1.807) is 0 Å². The van der Waals surface area contributed by atoms with E-state index in [4.69, 9.17) is 4.98 Å². The van der Waals surface area contributed by atoms with E-state index in [-0.39, 0.29) is 0 Å². The van der Waals surface area contributed by atoms with Crippen molar-refractivity contribution in [3.05, 3.63) is 146 Å². The summed E-state index contributed by atoms with van der Waals surface area (Å²) in [5, 5.41) is 5.03. The van der Waals surface area contributed by atoms with Gasteiger partial charge in [-0.15, -0.1) is 11.3 Å². The van der Waals surface area contributed by atoms with Crippen molar-refractivity contribution in [3.63, 3.8) is 0 Å². The molecule has 1 aliphatic rings. The SMILES string of the molecule is c1cc(-c2nccc3ccccc23)cc(N2c3ccccc3Sc3cc(-c4ccc5c(c4)sc4ccccc45)ccc32)c1. The molecule has 0 fully saturated rings. The van der Waals surface area contributed by atoms with Gasteiger partial charge in [0, 0.05) is 52.8 Å². The third-order valence-corrected chi connectivity index (χ3v) is 10.5. The molecule has 3 heterocycles. The standard InChI is InChI=1S/C39H24N2S2/c1-2-11-30-25(8-1)20-21-40-39(30)28-9-7-10-29(22-28)41-33-13-4-6-15-36(33)43-38-24-27(17-19-34(38)41)26-16-18-32-31-12-3-5-14-35(31)42-37(32)23-26/h1-24H. The number of para-hydroxylation sites is 1. The molecule has 202 valence electrons. The van der Waals surface area contributed by atoms with Crippen molar-refractivity contribution >= 4 is 71.1 Å². The van der Waals surface area contributed by atoms with E-state index in [0.29, 0.717) is 0 Å². The Morgan fingerprint density at radius 3 is 2.23 bits per heavy atom. The second-order valence-electron chi connectivity index (χ2n) is 10.8. The maximum absolute atomic E-state index is 4.81. The first kappa shape index (κ1) is 24.7. The smallest absolute Gasteiger partial charge is 0.0781 e. The van der Waals surface area contributed by atoms with E-state index in [2.05, 4.69) is 144 Å². The van der Waals surface area contributed by atoms with Crippen LogP contribution in [0.2, 0.25) is 0 Å². The van der Waals surface area contributed by atoms with Crippen LogP contribution in [-0.2, 0) is 0 Å². The highest BCUT2D eigenvalue weighted by molar-refractivity contribution is 7.99. The summed E-state index contributed by atoms with van der Waals surface area (Å²) in [6.07, 6.45) is 1.91. The van der Waals surface area contributed by atoms with E-state index >= 15 is 0 Å². The van der Waals surface area contributed by atoms with Gasteiger partial charge in [-0.1, -0.05) is 96.7 Å². The van der Waals surface area contributed by atoms with Gasteiger partial charge in [-0.3, -0.25) is 4.98 Å². The lowest BCUT2D eigenvalue weighted by molar-refractivity contribution is 1.17. The van der Waals surface area contributed by atoms with Crippen molar-refractivity contribution in [1.82, 2.24) is 4.98 Å². The average Bonchev–Trinajstić information content (AvgIpc) is 3.44. The van der Waals surface area contributed by atoms with Gasteiger partial charge in [-0.2, -0.15) is 0 Å². The minimum Gasteiger partial charge on any atom is -0.308 e. The lowest BCUT2D eigenvalue weighted by atomic mass is 10.0. The van der Waals surface area contributed by atoms with Gasteiger partial charge < -0.3 is 4.90 Å². The Labute approximate surface area is 257 Å². The summed E-state index contributed by atoms with van der Waals surface area (Å²) in [5.74, 6) is 0. The van der Waals surface area contributed by atoms with Crippen LogP contribution in [0.3, 0.4) is 0 Å². The average molecular weight is 585 g/mol. The Morgan fingerprint density at radius 2 is 1.26 bits per heavy atom. The van der Waals surface area contributed by atoms with Crippen molar-refractivity contribution in [2.45, 2.75) is 9.79 Å². The maximum atomic E-state index is 4.81. The van der Waals surface area contributed by atoms with Crippen molar-refractivity contribution in [1.29, 1.82) is 0 Å². The van der Waals surface area contributed by atoms with Crippen LogP contribution in [0.25, 0.3) is 53.3 Å². The number of hydrogen-bond donors (Lipinski definition) is 0. The number of pyridine rings is 1. The molecule has 0 saturated carbocycles. The molecule has 0 spiro atoms. The van der Waals surface area contributed by atoms with Gasteiger partial charge in [-0.25, -0.2) is 0 Å². The largest absolute Gasteiger partial charge is 0.308 e. The topological polar surface area (TPSA) is 16.1 Å². The molecular formula is C39H24N2S2. The normalized spacial score (nSPS) is 12.5. The molecule has 0 radical (unpaired) electrons. The summed E-state index contributed by atoms with van der Waals surface area (Å²) in [5.41, 5.74) is 8.11. The molecule has 0 bridgehead atoms. The number of benzene rings is 6. The summed E-state index contributed by atoms with van der Waals surface area (Å²) >= 11 is 3.72. The fourth-order valence-corrected chi connectivity index (χ4v) is 8.50. The van der Waals surface area contributed by atoms with E-state index in [1.165, 1.54) is 57.9 Å². The Bertz CT molecular complexity index is 2350. The Balaban J connectivity index is 1.17. The number of thiophene rings is 1. The van der Waals surface area contributed by atoms with Crippen molar-refractivity contribution in [2.24, 2.45) is 0 Å². The minimum absolute atomic E-state index is 1.01. The van der Waals surface area contributed by atoms with E-state index in [9.17, 15) is 0 Å². The molecule has 0 aliphatic carbocycles. The first-order valence-corrected chi connectivity index (χ1v) is 16.0. The summed E-state index contributed by atoms with van der Waals surface area (Å²) in [4.78, 5) is 9.71. The molecule has 9 rings (SSSR count). The zero-order valence-electron chi connectivity index (χ0n) is 23.1. The lowest BCUT2D eigenvalue weighted by Crippen LogP contribution is -2.14. The van der Waals surface area contributed by atoms with Gasteiger partial charge in [0.15, 0.2) is 0 Å². The molecule has 0 N–H and O–H groups in total. The van der Waals surface area contributed by atoms with E-state index in [0.717, 1.165) is 22.3 Å². The highest BCUT2D eigenvalue weighted by Crippen LogP contribution is 2.52. The van der Waals surface area contributed by atoms with Gasteiger partial charge in [0.1, 0.15) is 0 Å². The van der Waals surface area contributed by atoms with E-state index < -0.39 is 0 Å². The molecule has 0 saturated heterocycles. The highest BCUT2D eigenvalue weighted by atomic mass is 32.2. The number of fused-ring (bicyclic) bond motifs is 6. The maximum Gasteiger partial charge on any atom is 0.0781 e. The predicted octanol–water partition coefficient (Wildman–Crippen LogP) is 11.9. The summed E-state index contributed by atoms with van der Waals surface area (Å²) in [6.45, 7) is 0. The number of rotatable bonds is 3. The summed E-state index contributed by atoms with van der Waals surface area (Å²) in [6, 6.07) is 50.5. The Hall–Kier alpha value is -4.90. The van der Waals surface area contributed by atoms with Crippen LogP contribution < -0.4 is 4.90 Å². The van der Waals surface area contributed by atoms with Crippen LogP contribution in [-0.4, -0.2) is 4.98 Å². The minimum atomic E-state index is 1.01. The third kappa shape index (κ3) is 4.06. The molecule has 0 unspecified atom stereocenters. The number of anilines is 3. The molecule has 43 heavy (non-hydrogen) atoms. The molecule has 2 nitrogen and oxygen atoms in total. The van der Waals surface area contributed by atoms with E-state index in [1.807, 2.05) is 29.3 Å². The molecule has 0 atom stereocenters. The van der Waals surface area contributed by atoms with Crippen LogP contribution in [0.4, 0.5) is 17.1 Å².